The van der Waals surface area contributed by atoms with Gasteiger partial charge in [0.05, 0.1) is 51.2 Å². The quantitative estimate of drug-likeness (QED) is 0.0285. The minimum absolute atomic E-state index is 0.00450. The number of hydrogen-bond donors (Lipinski definition) is 4. The Labute approximate surface area is 710 Å². The number of allylic oxidation sites excluding steroid dienone is 1. The van der Waals surface area contributed by atoms with Crippen LogP contribution in [0, 0.1) is 34.4 Å². The summed E-state index contributed by atoms with van der Waals surface area (Å²) in [5.41, 5.74) is 2.88. The van der Waals surface area contributed by atoms with Crippen molar-refractivity contribution >= 4 is 122 Å². The highest BCUT2D eigenvalue weighted by molar-refractivity contribution is 6.42. The number of ketones is 4. The fourth-order valence-electron chi connectivity index (χ4n) is 18.3. The largest absolute Gasteiger partial charge is 0.486 e. The Morgan fingerprint density at radius 2 is 0.831 bits per heavy atom. The molecule has 4 amide bonds. The van der Waals surface area contributed by atoms with Gasteiger partial charge in [0, 0.05) is 86.8 Å². The van der Waals surface area contributed by atoms with Crippen molar-refractivity contribution in [1.82, 2.24) is 46.2 Å². The SMILES string of the molecule is CC(F)c1cnc(C(=O)CC23CC(NC(=O)COc4ccc(Cl)c(Cl)c4)(C2)C3)cn1.CC(F)c1cnc(C(=O)CC23CC(NC(=O)COc4ccc(Cl)cc4)(C2)C3)cn1.CC/C=C/c1ccnc(C(=O)CC23CC(NC(=O)COc4ccc(Cl)c(F)c4)(C2)C3)c1.Cc1cc(OCC(=O)CC23CC(NC(=O)c4ccc(Cl)cc4)(C2)C3)ccc1Cl. The van der Waals surface area contributed by atoms with Gasteiger partial charge in [-0.05, 0) is 240 Å². The lowest BCUT2D eigenvalue weighted by Crippen LogP contribution is -2.75. The Morgan fingerprint density at radius 1 is 0.432 bits per heavy atom. The molecular formula is C88H86Cl6F3N9O12. The van der Waals surface area contributed by atoms with Gasteiger partial charge in [0.25, 0.3) is 23.6 Å². The maximum absolute atomic E-state index is 13.4. The Kier molecular flexibility index (Phi) is 25.9. The van der Waals surface area contributed by atoms with E-state index in [9.17, 15) is 51.5 Å². The van der Waals surface area contributed by atoms with Crippen molar-refractivity contribution in [3.63, 3.8) is 0 Å². The molecule has 8 bridgehead atoms. The summed E-state index contributed by atoms with van der Waals surface area (Å²) in [6.45, 7) is 6.38. The molecule has 2 unspecified atom stereocenters. The van der Waals surface area contributed by atoms with Crippen LogP contribution in [-0.4, -0.2) is 120 Å². The maximum atomic E-state index is 13.4. The second-order valence-corrected chi connectivity index (χ2v) is 35.7. The molecule has 0 aliphatic heterocycles. The number of hydrogen-bond acceptors (Lipinski definition) is 17. The fraction of sp³-hybridized carbons (Fsp3) is 0.398. The minimum atomic E-state index is -1.22. The number of aryl methyl sites for hydroxylation is 1. The van der Waals surface area contributed by atoms with Crippen molar-refractivity contribution in [3.05, 3.63) is 233 Å². The van der Waals surface area contributed by atoms with Crippen LogP contribution in [-0.2, 0) is 19.2 Å². The molecule has 12 saturated carbocycles. The molecule has 21 nitrogen and oxygen atoms in total. The highest BCUT2D eigenvalue weighted by Crippen LogP contribution is 2.72. The molecule has 30 heteroatoms. The summed E-state index contributed by atoms with van der Waals surface area (Å²) in [6, 6.07) is 31.6. The number of nitrogens with zero attached hydrogens (tertiary/aromatic N) is 5. The average Bonchev–Trinajstić information content (AvgIpc) is 0.699. The summed E-state index contributed by atoms with van der Waals surface area (Å²) in [7, 11) is 0. The molecular weight excluding hydrogens is 1640 g/mol. The number of rotatable bonds is 32. The van der Waals surface area contributed by atoms with E-state index in [0.717, 1.165) is 101 Å². The fourth-order valence-corrected chi connectivity index (χ4v) is 19.0. The van der Waals surface area contributed by atoms with Crippen molar-refractivity contribution in [3.8, 4) is 23.0 Å². The predicted octanol–water partition coefficient (Wildman–Crippen LogP) is 18.3. The van der Waals surface area contributed by atoms with Crippen molar-refractivity contribution in [1.29, 1.82) is 0 Å². The summed E-state index contributed by atoms with van der Waals surface area (Å²) in [5, 5.41) is 14.8. The topological polar surface area (TPSA) is 286 Å². The lowest BCUT2D eigenvalue weighted by molar-refractivity contribution is -0.165. The van der Waals surface area contributed by atoms with E-state index in [-0.39, 0.29) is 151 Å². The van der Waals surface area contributed by atoms with Crippen molar-refractivity contribution in [2.24, 2.45) is 21.7 Å². The molecule has 5 aromatic carbocycles. The van der Waals surface area contributed by atoms with Crippen LogP contribution in [0.25, 0.3) is 6.08 Å². The van der Waals surface area contributed by atoms with Crippen LogP contribution in [0.3, 0.4) is 0 Å². The maximum Gasteiger partial charge on any atom is 0.258 e. The Bertz CT molecular complexity index is 5120. The first-order chi connectivity index (χ1) is 56.1. The zero-order valence-electron chi connectivity index (χ0n) is 65.1. The number of aromatic nitrogens is 5. The lowest BCUT2D eigenvalue weighted by Gasteiger charge is -2.70. The predicted molar refractivity (Wildman–Crippen MR) is 440 cm³/mol. The van der Waals surface area contributed by atoms with Gasteiger partial charge in [-0.25, -0.2) is 23.1 Å². The number of carbonyl (C=O) groups excluding carboxylic acids is 8. The van der Waals surface area contributed by atoms with Crippen LogP contribution in [0.4, 0.5) is 13.2 Å². The van der Waals surface area contributed by atoms with Crippen LogP contribution in [0.15, 0.2) is 152 Å². The van der Waals surface area contributed by atoms with Gasteiger partial charge in [0.2, 0.25) is 0 Å². The molecule has 4 N–H and O–H groups in total. The zero-order valence-corrected chi connectivity index (χ0v) is 69.6. The second-order valence-electron chi connectivity index (χ2n) is 33.2. The molecule has 0 spiro atoms. The van der Waals surface area contributed by atoms with Gasteiger partial charge in [-0.3, -0.25) is 53.3 Å². The highest BCUT2D eigenvalue weighted by atomic mass is 35.5. The third-order valence-electron chi connectivity index (χ3n) is 23.0. The molecule has 3 heterocycles. The lowest BCUT2D eigenvalue weighted by atomic mass is 9.38. The van der Waals surface area contributed by atoms with E-state index in [4.69, 9.17) is 88.6 Å². The third kappa shape index (κ3) is 20.6. The molecule has 2 atom stereocenters. The Morgan fingerprint density at radius 3 is 1.26 bits per heavy atom. The Hall–Kier alpha value is -9.56. The van der Waals surface area contributed by atoms with Crippen molar-refractivity contribution in [2.75, 3.05) is 26.4 Å². The summed E-state index contributed by atoms with van der Waals surface area (Å²) >= 11 is 35.1. The van der Waals surface area contributed by atoms with E-state index in [0.29, 0.717) is 79.3 Å². The van der Waals surface area contributed by atoms with Gasteiger partial charge in [-0.1, -0.05) is 88.7 Å². The van der Waals surface area contributed by atoms with E-state index >= 15 is 0 Å². The molecule has 12 fully saturated rings. The molecule has 20 rings (SSSR count). The number of pyridine rings is 1. The van der Waals surface area contributed by atoms with Gasteiger partial charge >= 0.3 is 0 Å². The Balaban J connectivity index is 0.000000136. The van der Waals surface area contributed by atoms with Crippen LogP contribution >= 0.6 is 69.6 Å². The van der Waals surface area contributed by atoms with Gasteiger partial charge in [-0.15, -0.1) is 0 Å². The molecule has 0 saturated heterocycles. The normalized spacial score (nSPS) is 24.7. The standard InChI is InChI=1S/C24H24ClFN2O3.C22H21Cl2NO3.C21H20Cl2FN3O3.C21H21ClFN3O3/c1-2-3-4-16-7-8-27-20(9-16)21(29)11-23-13-24(14-23,15-23)28-22(30)12-31-17-5-6-18(25)19(26)10-17;1-14-8-18(6-7-19(14)24)28-10-17(26)9-21-11-22(12-21,13-21)25-20(27)15-2-4-16(23)5-3-15;1-12(24)16-6-26-17(7-25-16)18(28)5-20-9-21(10-20,11-20)27-19(29)8-30-13-2-3-14(22)15(23)4-13;1-13(23)16-7-25-17(8-24-16)18(27)6-20-10-21(11-20,12-20)26-19(28)9-29-15-4-2-14(22)3-5-15/h3-10H,2,11-15H2,1H3,(H,28,30);2-8H,9-13H2,1H3,(H,25,27);2-4,6-7,12H,5,8-11H2,1H3,(H,27,29);2-5,7-8,13H,6,9-12H2,1H3,(H,26,28)/b4-3+;;;. The first-order valence-electron chi connectivity index (χ1n) is 38.7. The van der Waals surface area contributed by atoms with Crippen LogP contribution in [0.1, 0.15) is 207 Å². The third-order valence-corrected chi connectivity index (χ3v) is 25.0. The highest BCUT2D eigenvalue weighted by Gasteiger charge is 2.71. The molecule has 12 aliphatic rings. The summed E-state index contributed by atoms with van der Waals surface area (Å²) in [4.78, 5) is 119. The summed E-state index contributed by atoms with van der Waals surface area (Å²) in [6.07, 6.45) is 20.6. The van der Waals surface area contributed by atoms with E-state index < -0.39 is 18.2 Å². The van der Waals surface area contributed by atoms with Crippen molar-refractivity contribution in [2.45, 2.75) is 171 Å². The number of nitrogens with one attached hydrogen (secondary N) is 4. The first kappa shape index (κ1) is 86.3. The molecule has 8 aromatic rings. The van der Waals surface area contributed by atoms with Crippen molar-refractivity contribution < 1.29 is 70.5 Å². The zero-order chi connectivity index (χ0) is 84.2. The molecule has 3 aromatic heterocycles. The van der Waals surface area contributed by atoms with Gasteiger partial charge < -0.3 is 40.2 Å². The van der Waals surface area contributed by atoms with E-state index in [2.05, 4.69) is 53.1 Å². The van der Waals surface area contributed by atoms with E-state index in [1.165, 1.54) is 50.8 Å². The number of carbonyl (C=O) groups is 8. The number of Topliss-reactive ketones (excluding diaryl/α,β-unsaturated/α-hetero) is 4. The van der Waals surface area contributed by atoms with Gasteiger partial charge in [0.1, 0.15) is 64.8 Å². The number of halogens is 9. The molecule has 12 aliphatic carbocycles. The second kappa shape index (κ2) is 35.4. The van der Waals surface area contributed by atoms with Crippen LogP contribution in [0.5, 0.6) is 23.0 Å². The van der Waals surface area contributed by atoms with Crippen LogP contribution in [0.2, 0.25) is 30.1 Å². The van der Waals surface area contributed by atoms with E-state index in [1.54, 1.807) is 85.1 Å². The number of ether oxygens (including phenoxy) is 4. The number of benzene rings is 5. The van der Waals surface area contributed by atoms with E-state index in [1.807, 2.05) is 37.3 Å². The number of amides is 4. The molecule has 118 heavy (non-hydrogen) atoms. The van der Waals surface area contributed by atoms with Gasteiger partial charge in [-0.2, -0.15) is 0 Å². The minimum Gasteiger partial charge on any atom is -0.486 e. The summed E-state index contributed by atoms with van der Waals surface area (Å²) in [5.74, 6) is 0.543. The monoisotopic (exact) mass is 1730 g/mol. The van der Waals surface area contributed by atoms with Crippen LogP contribution < -0.4 is 40.2 Å². The average molecular weight is 1730 g/mol. The first-order valence-corrected chi connectivity index (χ1v) is 40.9. The summed E-state index contributed by atoms with van der Waals surface area (Å²) < 4.78 is 61.7. The molecule has 0 radical (unpaired) electrons. The number of alkyl halides is 2. The smallest absolute Gasteiger partial charge is 0.258 e. The molecule has 618 valence electrons. The van der Waals surface area contributed by atoms with Gasteiger partial charge in [0.15, 0.2) is 43.0 Å².